The van der Waals surface area contributed by atoms with Crippen molar-refractivity contribution in [2.24, 2.45) is 0 Å². The van der Waals surface area contributed by atoms with Crippen LogP contribution in [0.15, 0.2) is 132 Å². The van der Waals surface area contributed by atoms with Crippen LogP contribution in [0.4, 0.5) is 5.69 Å². The number of sulfone groups is 1. The van der Waals surface area contributed by atoms with Crippen LogP contribution in [-0.4, -0.2) is 114 Å². The number of anilines is 1. The van der Waals surface area contributed by atoms with E-state index in [-0.39, 0.29) is 29.2 Å². The Balaban J connectivity index is 0.751. The number of benzene rings is 6. The predicted octanol–water partition coefficient (Wildman–Crippen LogP) is 7.24. The summed E-state index contributed by atoms with van der Waals surface area (Å²) in [5.74, 6) is 1.85. The average molecular weight is 952 g/mol. The van der Waals surface area contributed by atoms with E-state index in [2.05, 4.69) is 26.5 Å². The molecule has 0 aliphatic carbocycles. The van der Waals surface area contributed by atoms with E-state index >= 15 is 0 Å². The molecule has 3 heterocycles. The van der Waals surface area contributed by atoms with Gasteiger partial charge in [0.2, 0.25) is 11.8 Å². The van der Waals surface area contributed by atoms with Gasteiger partial charge in [0, 0.05) is 86.8 Å². The standard InChI is InChI=1S/C54H57N5O9S/c1-57(27-30-65-29-24-42-34-55-25-26-58(42)41-11-20-49-40(32-41)35-59(54(49)62)50-22-23-51(60)56-53(50)61)28-31-66-43-12-14-44(15-13-43)68-52-47(38-8-17-46(18-9-38)69(2,63)64)19-10-39-33-45(16-21-48(39)52)67-36-37-6-4-3-5-7-37/h3-21,32-33,42,50,55H,22-31,34-36H2,1-2H3,(H,56,60,61). The molecule has 3 aliphatic heterocycles. The monoisotopic (exact) mass is 951 g/mol. The van der Waals surface area contributed by atoms with Crippen molar-refractivity contribution in [3.63, 3.8) is 0 Å². The number of imide groups is 1. The summed E-state index contributed by atoms with van der Waals surface area (Å²) in [4.78, 5) is 43.9. The minimum Gasteiger partial charge on any atom is -0.492 e. The quantitative estimate of drug-likeness (QED) is 0.0622. The zero-order chi connectivity index (χ0) is 47.9. The molecule has 15 heteroatoms. The number of nitrogens with zero attached hydrogens (tertiary/aromatic N) is 3. The zero-order valence-corrected chi connectivity index (χ0v) is 39.7. The van der Waals surface area contributed by atoms with Crippen molar-refractivity contribution < 1.29 is 41.7 Å². The van der Waals surface area contributed by atoms with Crippen molar-refractivity contribution in [3.05, 3.63) is 144 Å². The van der Waals surface area contributed by atoms with E-state index in [0.717, 1.165) is 77.1 Å². The first-order valence-electron chi connectivity index (χ1n) is 23.4. The Bertz CT molecular complexity index is 2920. The molecule has 0 radical (unpaired) electrons. The Labute approximate surface area is 403 Å². The number of hydrogen-bond acceptors (Lipinski definition) is 12. The van der Waals surface area contributed by atoms with Gasteiger partial charge in [-0.1, -0.05) is 48.5 Å². The number of carbonyl (C=O) groups is 3. The fraction of sp³-hybridized carbons (Fsp3) is 0.315. The van der Waals surface area contributed by atoms with Gasteiger partial charge >= 0.3 is 0 Å². The summed E-state index contributed by atoms with van der Waals surface area (Å²) < 4.78 is 49.5. The minimum absolute atomic E-state index is 0.165. The summed E-state index contributed by atoms with van der Waals surface area (Å²) >= 11 is 0. The molecule has 0 saturated carbocycles. The maximum Gasteiger partial charge on any atom is 0.255 e. The van der Waals surface area contributed by atoms with Crippen molar-refractivity contribution >= 4 is 44.0 Å². The van der Waals surface area contributed by atoms with E-state index in [1.165, 1.54) is 6.26 Å². The molecule has 3 aliphatic rings. The number of amides is 3. The maximum absolute atomic E-state index is 13.2. The summed E-state index contributed by atoms with van der Waals surface area (Å²) in [5.41, 5.74) is 5.28. The second kappa shape index (κ2) is 21.2. The number of ether oxygens (including phenoxy) is 4. The van der Waals surface area contributed by atoms with Crippen LogP contribution in [0.2, 0.25) is 0 Å². The molecule has 3 amide bonds. The van der Waals surface area contributed by atoms with E-state index in [0.29, 0.717) is 68.7 Å². The van der Waals surface area contributed by atoms with Crippen LogP contribution in [-0.2, 0) is 37.3 Å². The molecule has 6 aromatic rings. The lowest BCUT2D eigenvalue weighted by Crippen LogP contribution is -2.52. The molecule has 2 fully saturated rings. The van der Waals surface area contributed by atoms with Crippen molar-refractivity contribution in [2.75, 3.05) is 70.7 Å². The number of likely N-dealkylation sites (N-methyl/N-ethyl adjacent to an activating group) is 1. The third kappa shape index (κ3) is 11.4. The minimum atomic E-state index is -3.36. The molecule has 0 bridgehead atoms. The fourth-order valence-electron chi connectivity index (χ4n) is 9.12. The van der Waals surface area contributed by atoms with Crippen molar-refractivity contribution in [2.45, 2.75) is 49.4 Å². The van der Waals surface area contributed by atoms with Gasteiger partial charge in [-0.2, -0.15) is 0 Å². The fourth-order valence-corrected chi connectivity index (χ4v) is 9.75. The molecule has 2 saturated heterocycles. The van der Waals surface area contributed by atoms with E-state index < -0.39 is 21.8 Å². The topological polar surface area (TPSA) is 156 Å². The van der Waals surface area contributed by atoms with Crippen LogP contribution in [0, 0.1) is 0 Å². The number of hydrogen-bond donors (Lipinski definition) is 2. The summed E-state index contributed by atoms with van der Waals surface area (Å²) in [6.45, 7) is 6.44. The lowest BCUT2D eigenvalue weighted by atomic mass is 9.99. The maximum atomic E-state index is 13.2. The van der Waals surface area contributed by atoms with Crippen LogP contribution in [0.3, 0.4) is 0 Å². The van der Waals surface area contributed by atoms with Gasteiger partial charge in [-0.05, 0) is 121 Å². The Morgan fingerprint density at radius 3 is 2.29 bits per heavy atom. The first-order valence-corrected chi connectivity index (χ1v) is 25.3. The first-order chi connectivity index (χ1) is 33.5. The van der Waals surface area contributed by atoms with Crippen molar-refractivity contribution in [3.8, 4) is 34.1 Å². The van der Waals surface area contributed by atoms with E-state index in [4.69, 9.17) is 18.9 Å². The van der Waals surface area contributed by atoms with Gasteiger partial charge in [-0.3, -0.25) is 19.7 Å². The summed E-state index contributed by atoms with van der Waals surface area (Å²) in [7, 11) is -1.31. The third-order valence-electron chi connectivity index (χ3n) is 13.0. The molecule has 2 atom stereocenters. The molecule has 9 rings (SSSR count). The second-order valence-electron chi connectivity index (χ2n) is 17.8. The highest BCUT2D eigenvalue weighted by Gasteiger charge is 2.39. The molecule has 6 aromatic carbocycles. The van der Waals surface area contributed by atoms with Crippen LogP contribution in [0.5, 0.6) is 23.0 Å². The van der Waals surface area contributed by atoms with Gasteiger partial charge in [0.05, 0.1) is 11.5 Å². The van der Waals surface area contributed by atoms with Gasteiger partial charge in [0.1, 0.15) is 42.3 Å². The van der Waals surface area contributed by atoms with Gasteiger partial charge in [-0.25, -0.2) is 8.42 Å². The summed E-state index contributed by atoms with van der Waals surface area (Å²) in [6, 6.07) is 39.9. The molecule has 69 heavy (non-hydrogen) atoms. The Morgan fingerprint density at radius 1 is 0.754 bits per heavy atom. The Hall–Kier alpha value is -6.78. The number of piperazine rings is 1. The van der Waals surface area contributed by atoms with Crippen LogP contribution < -0.4 is 29.7 Å². The zero-order valence-electron chi connectivity index (χ0n) is 38.9. The second-order valence-corrected chi connectivity index (χ2v) is 19.8. The Morgan fingerprint density at radius 2 is 1.51 bits per heavy atom. The van der Waals surface area contributed by atoms with Gasteiger partial charge in [-0.15, -0.1) is 0 Å². The van der Waals surface area contributed by atoms with Gasteiger partial charge in [0.15, 0.2) is 9.84 Å². The normalized spacial score (nSPS) is 17.3. The first kappa shape index (κ1) is 47.3. The highest BCUT2D eigenvalue weighted by atomic mass is 32.2. The SMILES string of the molecule is CN(CCOCCC1CNCCN1c1ccc2c(c1)CN(C1CCC(=O)NC1=O)C2=O)CCOc1ccc(Oc2c(-c3ccc(S(C)(=O)=O)cc3)ccc3cc(OCc4ccccc4)ccc23)cc1. The van der Waals surface area contributed by atoms with Crippen LogP contribution >= 0.6 is 0 Å². The number of carbonyl (C=O) groups excluding carboxylic acids is 3. The van der Waals surface area contributed by atoms with Crippen molar-refractivity contribution in [1.82, 2.24) is 20.4 Å². The average Bonchev–Trinajstić information content (AvgIpc) is 3.68. The summed E-state index contributed by atoms with van der Waals surface area (Å²) in [5, 5.41) is 7.70. The highest BCUT2D eigenvalue weighted by Crippen LogP contribution is 2.41. The van der Waals surface area contributed by atoms with Gasteiger partial charge in [0.25, 0.3) is 5.91 Å². The van der Waals surface area contributed by atoms with E-state index in [1.807, 2.05) is 104 Å². The van der Waals surface area contributed by atoms with Crippen LogP contribution in [0.1, 0.15) is 40.7 Å². The smallest absolute Gasteiger partial charge is 0.255 e. The molecule has 14 nitrogen and oxygen atoms in total. The van der Waals surface area contributed by atoms with E-state index in [9.17, 15) is 22.8 Å². The molecular weight excluding hydrogens is 895 g/mol. The van der Waals surface area contributed by atoms with Gasteiger partial charge < -0.3 is 39.0 Å². The number of fused-ring (bicyclic) bond motifs is 2. The van der Waals surface area contributed by atoms with E-state index in [1.54, 1.807) is 29.2 Å². The number of rotatable bonds is 19. The Kier molecular flexibility index (Phi) is 14.6. The lowest BCUT2D eigenvalue weighted by molar-refractivity contribution is -0.136. The number of piperidine rings is 1. The van der Waals surface area contributed by atoms with Crippen molar-refractivity contribution in [1.29, 1.82) is 0 Å². The largest absolute Gasteiger partial charge is 0.492 e. The predicted molar refractivity (Wildman–Crippen MR) is 265 cm³/mol. The van der Waals surface area contributed by atoms with Crippen LogP contribution in [0.25, 0.3) is 21.9 Å². The molecule has 358 valence electrons. The molecular formula is C54H57N5O9S. The summed E-state index contributed by atoms with van der Waals surface area (Å²) in [6.07, 6.45) is 2.61. The molecule has 0 aromatic heterocycles. The highest BCUT2D eigenvalue weighted by molar-refractivity contribution is 7.90. The molecule has 2 N–H and O–H groups in total. The molecule has 2 unspecified atom stereocenters. The third-order valence-corrected chi connectivity index (χ3v) is 14.1. The molecule has 0 spiro atoms. The number of nitrogens with one attached hydrogen (secondary N) is 2. The lowest BCUT2D eigenvalue weighted by Gasteiger charge is -2.38.